The van der Waals surface area contributed by atoms with E-state index in [9.17, 15) is 0 Å². The summed E-state index contributed by atoms with van der Waals surface area (Å²) >= 11 is 0. The standard InChI is InChI=1S/C14H16N4/c1-9-3-5-11(15)7-13(9)17-18-14-8-12(16)6-4-10(14)2/h3-8H,15-16H2,1-2H3/b18-17-. The molecular weight excluding hydrogens is 224 g/mol. The Morgan fingerprint density at radius 2 is 1.11 bits per heavy atom. The van der Waals surface area contributed by atoms with E-state index in [1.165, 1.54) is 0 Å². The molecule has 2 aromatic rings. The second-order valence-electron chi connectivity index (χ2n) is 4.29. The van der Waals surface area contributed by atoms with Crippen molar-refractivity contribution < 1.29 is 0 Å². The minimum Gasteiger partial charge on any atom is -0.399 e. The van der Waals surface area contributed by atoms with Crippen LogP contribution in [0.2, 0.25) is 0 Å². The third-order valence-corrected chi connectivity index (χ3v) is 2.73. The SMILES string of the molecule is Cc1ccc(N)cc1/N=N\c1cc(N)ccc1C. The monoisotopic (exact) mass is 240 g/mol. The minimum atomic E-state index is 0.679. The molecule has 0 saturated heterocycles. The first kappa shape index (κ1) is 12.1. The van der Waals surface area contributed by atoms with Gasteiger partial charge in [-0.2, -0.15) is 10.2 Å². The van der Waals surface area contributed by atoms with Crippen LogP contribution in [0.3, 0.4) is 0 Å². The van der Waals surface area contributed by atoms with Gasteiger partial charge >= 0.3 is 0 Å². The molecule has 4 nitrogen and oxygen atoms in total. The van der Waals surface area contributed by atoms with Crippen molar-refractivity contribution in [2.75, 3.05) is 11.5 Å². The molecule has 0 saturated carbocycles. The number of nitrogen functional groups attached to an aromatic ring is 2. The Kier molecular flexibility index (Phi) is 3.28. The Bertz CT molecular complexity index is 549. The maximum atomic E-state index is 5.73. The highest BCUT2D eigenvalue weighted by Gasteiger charge is 1.99. The molecule has 0 fully saturated rings. The number of nitrogens with zero attached hydrogens (tertiary/aromatic N) is 2. The van der Waals surface area contributed by atoms with Crippen molar-refractivity contribution >= 4 is 22.7 Å². The fourth-order valence-electron chi connectivity index (χ4n) is 1.58. The van der Waals surface area contributed by atoms with Crippen molar-refractivity contribution in [3.05, 3.63) is 47.5 Å². The quantitative estimate of drug-likeness (QED) is 0.617. The van der Waals surface area contributed by atoms with Gasteiger partial charge in [-0.1, -0.05) is 12.1 Å². The molecule has 0 aliphatic carbocycles. The molecular formula is C14H16N4. The lowest BCUT2D eigenvalue weighted by Crippen LogP contribution is -1.85. The van der Waals surface area contributed by atoms with Crippen LogP contribution in [-0.4, -0.2) is 0 Å². The lowest BCUT2D eigenvalue weighted by molar-refractivity contribution is 1.19. The highest BCUT2D eigenvalue weighted by atomic mass is 15.1. The molecule has 0 radical (unpaired) electrons. The van der Waals surface area contributed by atoms with E-state index in [-0.39, 0.29) is 0 Å². The third kappa shape index (κ3) is 2.66. The molecule has 0 unspecified atom stereocenters. The number of azo groups is 1. The summed E-state index contributed by atoms with van der Waals surface area (Å²) in [6.45, 7) is 3.94. The molecule has 4 heteroatoms. The molecule has 2 rings (SSSR count). The van der Waals surface area contributed by atoms with Gasteiger partial charge in [0.15, 0.2) is 0 Å². The van der Waals surface area contributed by atoms with Gasteiger partial charge in [0, 0.05) is 11.4 Å². The molecule has 4 N–H and O–H groups in total. The number of hydrogen-bond acceptors (Lipinski definition) is 4. The van der Waals surface area contributed by atoms with E-state index in [1.54, 1.807) is 12.1 Å². The number of nitrogens with two attached hydrogens (primary N) is 2. The Morgan fingerprint density at radius 1 is 0.722 bits per heavy atom. The van der Waals surface area contributed by atoms with Crippen molar-refractivity contribution in [3.63, 3.8) is 0 Å². The van der Waals surface area contributed by atoms with E-state index in [0.29, 0.717) is 11.4 Å². The van der Waals surface area contributed by atoms with Crippen LogP contribution in [0.5, 0.6) is 0 Å². The first-order valence-electron chi connectivity index (χ1n) is 5.70. The van der Waals surface area contributed by atoms with E-state index < -0.39 is 0 Å². The summed E-state index contributed by atoms with van der Waals surface area (Å²) in [6.07, 6.45) is 0. The van der Waals surface area contributed by atoms with Gasteiger partial charge in [-0.3, -0.25) is 0 Å². The van der Waals surface area contributed by atoms with E-state index in [4.69, 9.17) is 11.5 Å². The lowest BCUT2D eigenvalue weighted by Gasteiger charge is -2.02. The Balaban J connectivity index is 2.35. The molecule has 0 heterocycles. The summed E-state index contributed by atoms with van der Waals surface area (Å²) in [5.74, 6) is 0. The number of benzene rings is 2. The van der Waals surface area contributed by atoms with Gasteiger partial charge in [0.05, 0.1) is 11.4 Å². The Morgan fingerprint density at radius 3 is 1.50 bits per heavy atom. The Hall–Kier alpha value is -2.36. The topological polar surface area (TPSA) is 76.8 Å². The summed E-state index contributed by atoms with van der Waals surface area (Å²) < 4.78 is 0. The molecule has 18 heavy (non-hydrogen) atoms. The minimum absolute atomic E-state index is 0.679. The first-order valence-corrected chi connectivity index (χ1v) is 5.70. The molecule has 0 aliphatic heterocycles. The molecule has 0 amide bonds. The van der Waals surface area contributed by atoms with Crippen LogP contribution >= 0.6 is 0 Å². The number of hydrogen-bond donors (Lipinski definition) is 2. The summed E-state index contributed by atoms with van der Waals surface area (Å²) in [5.41, 5.74) is 16.4. The van der Waals surface area contributed by atoms with Crippen molar-refractivity contribution in [2.45, 2.75) is 13.8 Å². The van der Waals surface area contributed by atoms with Crippen molar-refractivity contribution in [2.24, 2.45) is 10.2 Å². The van der Waals surface area contributed by atoms with E-state index in [2.05, 4.69) is 10.2 Å². The molecule has 0 atom stereocenters. The van der Waals surface area contributed by atoms with Gasteiger partial charge in [0.25, 0.3) is 0 Å². The van der Waals surface area contributed by atoms with Gasteiger partial charge < -0.3 is 11.5 Å². The summed E-state index contributed by atoms with van der Waals surface area (Å²) in [7, 11) is 0. The van der Waals surface area contributed by atoms with Gasteiger partial charge in [0.1, 0.15) is 0 Å². The van der Waals surface area contributed by atoms with Crippen LogP contribution in [-0.2, 0) is 0 Å². The van der Waals surface area contributed by atoms with Crippen LogP contribution < -0.4 is 11.5 Å². The maximum absolute atomic E-state index is 5.73. The fraction of sp³-hybridized carbons (Fsp3) is 0.143. The molecule has 2 aromatic carbocycles. The summed E-state index contributed by atoms with van der Waals surface area (Å²) in [5, 5.41) is 8.46. The summed E-state index contributed by atoms with van der Waals surface area (Å²) in [6, 6.07) is 11.2. The van der Waals surface area contributed by atoms with Crippen molar-refractivity contribution in [1.29, 1.82) is 0 Å². The second kappa shape index (κ2) is 4.87. The largest absolute Gasteiger partial charge is 0.399 e. The van der Waals surface area contributed by atoms with Crippen LogP contribution in [0.4, 0.5) is 22.7 Å². The number of aryl methyl sites for hydroxylation is 2. The molecule has 0 aromatic heterocycles. The zero-order valence-electron chi connectivity index (χ0n) is 10.5. The van der Waals surface area contributed by atoms with Crippen molar-refractivity contribution in [1.82, 2.24) is 0 Å². The molecule has 92 valence electrons. The number of anilines is 2. The van der Waals surface area contributed by atoms with Crippen LogP contribution in [0, 0.1) is 13.8 Å². The highest BCUT2D eigenvalue weighted by molar-refractivity contribution is 5.58. The lowest BCUT2D eigenvalue weighted by atomic mass is 10.2. The third-order valence-electron chi connectivity index (χ3n) is 2.73. The van der Waals surface area contributed by atoms with Crippen LogP contribution in [0.1, 0.15) is 11.1 Å². The predicted molar refractivity (Wildman–Crippen MR) is 75.4 cm³/mol. The Labute approximate surface area is 106 Å². The molecule has 0 spiro atoms. The smallest absolute Gasteiger partial charge is 0.0906 e. The fourth-order valence-corrected chi connectivity index (χ4v) is 1.58. The van der Waals surface area contributed by atoms with Gasteiger partial charge in [-0.15, -0.1) is 0 Å². The summed E-state index contributed by atoms with van der Waals surface area (Å²) in [4.78, 5) is 0. The van der Waals surface area contributed by atoms with Gasteiger partial charge in [-0.05, 0) is 49.2 Å². The van der Waals surface area contributed by atoms with E-state index >= 15 is 0 Å². The first-order chi connectivity index (χ1) is 8.56. The zero-order valence-corrected chi connectivity index (χ0v) is 10.5. The predicted octanol–water partition coefficient (Wildman–Crippen LogP) is 3.88. The molecule has 0 bridgehead atoms. The maximum Gasteiger partial charge on any atom is 0.0906 e. The van der Waals surface area contributed by atoms with Crippen LogP contribution in [0.25, 0.3) is 0 Å². The second-order valence-corrected chi connectivity index (χ2v) is 4.29. The normalized spacial score (nSPS) is 11.0. The zero-order chi connectivity index (χ0) is 13.1. The van der Waals surface area contributed by atoms with E-state index in [0.717, 1.165) is 22.5 Å². The van der Waals surface area contributed by atoms with Gasteiger partial charge in [-0.25, -0.2) is 0 Å². The number of rotatable bonds is 2. The molecule has 0 aliphatic rings. The average Bonchev–Trinajstić information content (AvgIpc) is 2.34. The van der Waals surface area contributed by atoms with E-state index in [1.807, 2.05) is 38.1 Å². The van der Waals surface area contributed by atoms with Crippen LogP contribution in [0.15, 0.2) is 46.6 Å². The van der Waals surface area contributed by atoms with Gasteiger partial charge in [0.2, 0.25) is 0 Å². The average molecular weight is 240 g/mol. The highest BCUT2D eigenvalue weighted by Crippen LogP contribution is 2.26. The van der Waals surface area contributed by atoms with Crippen molar-refractivity contribution in [3.8, 4) is 0 Å².